The van der Waals surface area contributed by atoms with Crippen LogP contribution in [0.3, 0.4) is 0 Å². The summed E-state index contributed by atoms with van der Waals surface area (Å²) in [5.41, 5.74) is 2.89. The lowest BCUT2D eigenvalue weighted by Crippen LogP contribution is -2.36. The van der Waals surface area contributed by atoms with Crippen LogP contribution in [0.25, 0.3) is 22.4 Å². The van der Waals surface area contributed by atoms with Gasteiger partial charge in [0.2, 0.25) is 0 Å². The average Bonchev–Trinajstić information content (AvgIpc) is 3.34. The number of nitrogens with zero attached hydrogens (tertiary/aromatic N) is 4. The molecule has 1 saturated heterocycles. The number of aromatic nitrogens is 5. The maximum absolute atomic E-state index is 9.85. The number of fused-ring (bicyclic) bond motifs is 1. The fourth-order valence-electron chi connectivity index (χ4n) is 3.68. The molecule has 0 radical (unpaired) electrons. The van der Waals surface area contributed by atoms with Gasteiger partial charge in [-0.05, 0) is 31.9 Å². The number of rotatable bonds is 4. The molecule has 0 bridgehead atoms. The van der Waals surface area contributed by atoms with E-state index in [1.54, 1.807) is 0 Å². The van der Waals surface area contributed by atoms with Crippen LogP contribution in [-0.4, -0.2) is 49.4 Å². The van der Waals surface area contributed by atoms with Crippen LogP contribution in [0.2, 0.25) is 0 Å². The van der Waals surface area contributed by atoms with Gasteiger partial charge in [-0.15, -0.1) is 0 Å². The van der Waals surface area contributed by atoms with E-state index in [9.17, 15) is 5.11 Å². The van der Waals surface area contributed by atoms with Gasteiger partial charge in [0.05, 0.1) is 11.8 Å². The molecule has 3 aromatic heterocycles. The molecule has 29 heavy (non-hydrogen) atoms. The van der Waals surface area contributed by atoms with Crippen molar-refractivity contribution in [3.05, 3.63) is 48.2 Å². The fraction of sp³-hybridized carbons (Fsp3) is 0.286. The highest BCUT2D eigenvalue weighted by Crippen LogP contribution is 2.28. The number of hydrogen-bond acceptors (Lipinski definition) is 6. The topological polar surface area (TPSA) is 106 Å². The molecule has 0 unspecified atom stereocenters. The summed E-state index contributed by atoms with van der Waals surface area (Å²) in [6.45, 7) is 3.50. The summed E-state index contributed by atoms with van der Waals surface area (Å²) in [7, 11) is 0. The molecule has 0 saturated carbocycles. The first-order valence-electron chi connectivity index (χ1n) is 9.83. The van der Waals surface area contributed by atoms with Gasteiger partial charge in [-0.3, -0.25) is 5.10 Å². The second-order valence-corrected chi connectivity index (χ2v) is 7.48. The maximum Gasteiger partial charge on any atom is 0.180 e. The summed E-state index contributed by atoms with van der Waals surface area (Å²) in [6.07, 6.45) is 1.26. The number of hydrogen-bond donors (Lipinski definition) is 4. The van der Waals surface area contributed by atoms with Gasteiger partial charge in [0.25, 0.3) is 0 Å². The minimum atomic E-state index is -0.231. The van der Waals surface area contributed by atoms with Crippen molar-refractivity contribution in [2.24, 2.45) is 0 Å². The Hall–Kier alpha value is -3.39. The first kappa shape index (κ1) is 17.7. The Bertz CT molecular complexity index is 1110. The van der Waals surface area contributed by atoms with E-state index in [0.717, 1.165) is 54.0 Å². The lowest BCUT2D eigenvalue weighted by atomic mass is 10.1. The predicted octanol–water partition coefficient (Wildman–Crippen LogP) is 3.36. The predicted molar refractivity (Wildman–Crippen MR) is 113 cm³/mol. The van der Waals surface area contributed by atoms with Gasteiger partial charge in [-0.25, -0.2) is 9.97 Å². The van der Waals surface area contributed by atoms with E-state index in [-0.39, 0.29) is 6.10 Å². The van der Waals surface area contributed by atoms with Crippen LogP contribution >= 0.6 is 0 Å². The molecular weight excluding hydrogens is 366 g/mol. The summed E-state index contributed by atoms with van der Waals surface area (Å²) < 4.78 is 0. The van der Waals surface area contributed by atoms with Crippen LogP contribution < -0.4 is 10.2 Å². The molecule has 0 atom stereocenters. The lowest BCUT2D eigenvalue weighted by molar-refractivity contribution is 0.145. The minimum absolute atomic E-state index is 0.231. The van der Waals surface area contributed by atoms with Crippen molar-refractivity contribution >= 4 is 28.4 Å². The fourth-order valence-corrected chi connectivity index (χ4v) is 3.68. The van der Waals surface area contributed by atoms with Crippen molar-refractivity contribution in [3.8, 4) is 11.5 Å². The standard InChI is InChI=1S/C21H23N7O/c1-13-10-19(27-26-13)23-18-12-20(28-8-6-15(29)7-9-28)25-21(24-18)17-11-14-4-2-3-5-16(14)22-17/h2-5,10-12,15,22,29H,6-9H2,1H3,(H2,23,24,25,26,27). The van der Waals surface area contributed by atoms with Crippen LogP contribution in [0.15, 0.2) is 42.5 Å². The Morgan fingerprint density at radius 2 is 1.90 bits per heavy atom. The molecule has 1 fully saturated rings. The monoisotopic (exact) mass is 389 g/mol. The molecule has 0 aliphatic carbocycles. The highest BCUT2D eigenvalue weighted by Gasteiger charge is 2.20. The first-order valence-corrected chi connectivity index (χ1v) is 9.83. The van der Waals surface area contributed by atoms with Gasteiger partial charge in [-0.2, -0.15) is 5.10 Å². The number of piperidine rings is 1. The van der Waals surface area contributed by atoms with Crippen molar-refractivity contribution in [3.63, 3.8) is 0 Å². The highest BCUT2D eigenvalue weighted by atomic mass is 16.3. The zero-order valence-corrected chi connectivity index (χ0v) is 16.2. The molecule has 0 amide bonds. The molecule has 148 valence electrons. The van der Waals surface area contributed by atoms with E-state index in [0.29, 0.717) is 17.5 Å². The van der Waals surface area contributed by atoms with E-state index in [1.807, 2.05) is 37.3 Å². The maximum atomic E-state index is 9.85. The smallest absolute Gasteiger partial charge is 0.180 e. The normalized spacial score (nSPS) is 15.2. The van der Waals surface area contributed by atoms with Crippen molar-refractivity contribution < 1.29 is 5.11 Å². The Morgan fingerprint density at radius 3 is 2.66 bits per heavy atom. The van der Waals surface area contributed by atoms with Crippen LogP contribution in [0, 0.1) is 6.92 Å². The number of para-hydroxylation sites is 1. The van der Waals surface area contributed by atoms with Gasteiger partial charge in [-0.1, -0.05) is 18.2 Å². The van der Waals surface area contributed by atoms with Crippen LogP contribution in [0.1, 0.15) is 18.5 Å². The average molecular weight is 389 g/mol. The third-order valence-corrected chi connectivity index (χ3v) is 5.23. The largest absolute Gasteiger partial charge is 0.393 e. The van der Waals surface area contributed by atoms with Crippen LogP contribution in [-0.2, 0) is 0 Å². The third-order valence-electron chi connectivity index (χ3n) is 5.23. The molecule has 4 N–H and O–H groups in total. The van der Waals surface area contributed by atoms with E-state index < -0.39 is 0 Å². The quantitative estimate of drug-likeness (QED) is 0.426. The number of aliphatic hydroxyl groups is 1. The zero-order valence-electron chi connectivity index (χ0n) is 16.2. The second kappa shape index (κ2) is 7.21. The second-order valence-electron chi connectivity index (χ2n) is 7.48. The van der Waals surface area contributed by atoms with Gasteiger partial charge in [0, 0.05) is 41.8 Å². The summed E-state index contributed by atoms with van der Waals surface area (Å²) in [5.74, 6) is 2.86. The molecule has 1 aromatic carbocycles. The highest BCUT2D eigenvalue weighted by molar-refractivity contribution is 5.85. The lowest BCUT2D eigenvalue weighted by Gasteiger charge is -2.30. The minimum Gasteiger partial charge on any atom is -0.393 e. The zero-order chi connectivity index (χ0) is 19.8. The van der Waals surface area contributed by atoms with Gasteiger partial charge < -0.3 is 20.3 Å². The molecule has 4 heterocycles. The Kier molecular flexibility index (Phi) is 4.40. The molecule has 1 aliphatic heterocycles. The number of aromatic amines is 2. The van der Waals surface area contributed by atoms with E-state index >= 15 is 0 Å². The Morgan fingerprint density at radius 1 is 1.07 bits per heavy atom. The first-order chi connectivity index (χ1) is 14.1. The van der Waals surface area contributed by atoms with Crippen LogP contribution in [0.5, 0.6) is 0 Å². The van der Waals surface area contributed by atoms with Crippen LogP contribution in [0.4, 0.5) is 17.5 Å². The van der Waals surface area contributed by atoms with E-state index in [1.165, 1.54) is 0 Å². The molecule has 5 rings (SSSR count). The molecular formula is C21H23N7O. The van der Waals surface area contributed by atoms with Crippen molar-refractivity contribution in [2.45, 2.75) is 25.9 Å². The number of aryl methyl sites for hydroxylation is 1. The van der Waals surface area contributed by atoms with E-state index in [2.05, 4.69) is 37.5 Å². The van der Waals surface area contributed by atoms with Gasteiger partial charge >= 0.3 is 0 Å². The van der Waals surface area contributed by atoms with Crippen molar-refractivity contribution in [1.29, 1.82) is 0 Å². The summed E-state index contributed by atoms with van der Waals surface area (Å²) in [4.78, 5) is 15.2. The SMILES string of the molecule is Cc1cc(Nc2cc(N3CCC(O)CC3)nc(-c3cc4ccccc4[nH]3)n2)n[nH]1. The summed E-state index contributed by atoms with van der Waals surface area (Å²) in [5, 5.41) is 21.4. The Labute approximate surface area is 168 Å². The number of aliphatic hydroxyl groups excluding tert-OH is 1. The van der Waals surface area contributed by atoms with Gasteiger partial charge in [0.15, 0.2) is 11.6 Å². The molecule has 1 aliphatic rings. The summed E-state index contributed by atoms with van der Waals surface area (Å²) in [6, 6.07) is 14.1. The van der Waals surface area contributed by atoms with Gasteiger partial charge in [0.1, 0.15) is 11.6 Å². The number of anilines is 3. The number of H-pyrrole nitrogens is 2. The molecule has 8 heteroatoms. The molecule has 4 aromatic rings. The van der Waals surface area contributed by atoms with E-state index in [4.69, 9.17) is 9.97 Å². The Balaban J connectivity index is 1.55. The number of benzene rings is 1. The number of nitrogens with one attached hydrogen (secondary N) is 3. The van der Waals surface area contributed by atoms with Crippen molar-refractivity contribution in [2.75, 3.05) is 23.3 Å². The molecule has 0 spiro atoms. The third kappa shape index (κ3) is 3.66. The molecule has 8 nitrogen and oxygen atoms in total. The van der Waals surface area contributed by atoms with Crippen molar-refractivity contribution in [1.82, 2.24) is 25.1 Å². The summed E-state index contributed by atoms with van der Waals surface area (Å²) >= 11 is 0.